The Kier molecular flexibility index (Phi) is 6.07. The maximum Gasteiger partial charge on any atom is 0.0410 e. The molecule has 0 amide bonds. The zero-order chi connectivity index (χ0) is 15.8. The number of nitrogens with zero attached hydrogens (tertiary/aromatic N) is 1. The van der Waals surface area contributed by atoms with Gasteiger partial charge in [-0.05, 0) is 30.2 Å². The molecule has 1 aromatic heterocycles. The van der Waals surface area contributed by atoms with E-state index in [4.69, 9.17) is 11.5 Å². The summed E-state index contributed by atoms with van der Waals surface area (Å²) in [5.41, 5.74) is 15.9. The van der Waals surface area contributed by atoms with Crippen molar-refractivity contribution in [3.63, 3.8) is 0 Å². The Morgan fingerprint density at radius 1 is 1.09 bits per heavy atom. The second-order valence-electron chi connectivity index (χ2n) is 5.18. The Morgan fingerprint density at radius 2 is 1.86 bits per heavy atom. The molecule has 3 heteroatoms. The van der Waals surface area contributed by atoms with Crippen LogP contribution in [0.1, 0.15) is 5.69 Å². The van der Waals surface area contributed by atoms with Gasteiger partial charge in [0.1, 0.15) is 0 Å². The lowest BCUT2D eigenvalue weighted by atomic mass is 9.93. The van der Waals surface area contributed by atoms with Gasteiger partial charge in [0.15, 0.2) is 0 Å². The molecule has 2 aromatic rings. The number of nitrogens with two attached hydrogens (primary N) is 2. The van der Waals surface area contributed by atoms with E-state index in [9.17, 15) is 0 Å². The van der Waals surface area contributed by atoms with Crippen LogP contribution in [0.2, 0.25) is 0 Å². The number of aromatic nitrogens is 1. The summed E-state index contributed by atoms with van der Waals surface area (Å²) in [6.07, 6.45) is 6.52. The third kappa shape index (κ3) is 4.13. The lowest BCUT2D eigenvalue weighted by Crippen LogP contribution is -2.19. The third-order valence-corrected chi connectivity index (χ3v) is 3.73. The van der Waals surface area contributed by atoms with Crippen molar-refractivity contribution >= 4 is 0 Å². The van der Waals surface area contributed by atoms with Crippen LogP contribution in [0.4, 0.5) is 0 Å². The van der Waals surface area contributed by atoms with Crippen LogP contribution >= 0.6 is 0 Å². The largest absolute Gasteiger partial charge is 0.330 e. The standard InChI is InChI=1S/C19H23N3/c1-2-15(10-11-20)18(13-21)12-19-9-8-17(14-22-19)16-6-4-3-5-7-16/h2-10,14,18H,1,11-13,20-21H2/b15-10+. The molecule has 1 unspecified atom stereocenters. The third-order valence-electron chi connectivity index (χ3n) is 3.73. The average Bonchev–Trinajstić information content (AvgIpc) is 2.59. The second-order valence-corrected chi connectivity index (χ2v) is 5.18. The fraction of sp³-hybridized carbons (Fsp3) is 0.211. The van der Waals surface area contributed by atoms with Crippen molar-refractivity contribution in [1.29, 1.82) is 0 Å². The van der Waals surface area contributed by atoms with Gasteiger partial charge < -0.3 is 11.5 Å². The molecular formula is C19H23N3. The van der Waals surface area contributed by atoms with Crippen molar-refractivity contribution in [2.75, 3.05) is 13.1 Å². The molecule has 1 aromatic carbocycles. The Balaban J connectivity index is 2.13. The summed E-state index contributed by atoms with van der Waals surface area (Å²) in [5.74, 6) is 0.205. The quantitative estimate of drug-likeness (QED) is 0.771. The molecule has 1 atom stereocenters. The SMILES string of the molecule is C=C/C(=C\CN)C(CN)Cc1ccc(-c2ccccc2)cn1. The van der Waals surface area contributed by atoms with Crippen LogP contribution in [0.3, 0.4) is 0 Å². The van der Waals surface area contributed by atoms with Crippen LogP contribution < -0.4 is 11.5 Å². The minimum Gasteiger partial charge on any atom is -0.330 e. The summed E-state index contributed by atoms with van der Waals surface area (Å²) in [4.78, 5) is 4.57. The molecule has 4 N–H and O–H groups in total. The molecule has 0 spiro atoms. The van der Waals surface area contributed by atoms with Crippen molar-refractivity contribution < 1.29 is 0 Å². The fourth-order valence-corrected chi connectivity index (χ4v) is 2.49. The molecule has 0 radical (unpaired) electrons. The molecule has 2 rings (SSSR count). The van der Waals surface area contributed by atoms with Gasteiger partial charge in [-0.3, -0.25) is 4.98 Å². The normalized spacial score (nSPS) is 12.9. The molecule has 1 heterocycles. The van der Waals surface area contributed by atoms with Gasteiger partial charge in [0.05, 0.1) is 0 Å². The summed E-state index contributed by atoms with van der Waals surface area (Å²) < 4.78 is 0. The van der Waals surface area contributed by atoms with Gasteiger partial charge in [-0.15, -0.1) is 0 Å². The van der Waals surface area contributed by atoms with Crippen molar-refractivity contribution in [3.05, 3.63) is 78.7 Å². The van der Waals surface area contributed by atoms with Crippen LogP contribution in [0, 0.1) is 5.92 Å². The van der Waals surface area contributed by atoms with Gasteiger partial charge in [0.2, 0.25) is 0 Å². The molecule has 0 saturated heterocycles. The molecular weight excluding hydrogens is 270 g/mol. The minimum atomic E-state index is 0.205. The first-order valence-corrected chi connectivity index (χ1v) is 7.51. The molecule has 0 aliphatic rings. The number of hydrogen-bond donors (Lipinski definition) is 2. The van der Waals surface area contributed by atoms with Gasteiger partial charge >= 0.3 is 0 Å². The van der Waals surface area contributed by atoms with E-state index in [2.05, 4.69) is 35.8 Å². The molecule has 114 valence electrons. The first-order valence-electron chi connectivity index (χ1n) is 7.51. The number of allylic oxidation sites excluding steroid dienone is 1. The van der Waals surface area contributed by atoms with E-state index >= 15 is 0 Å². The van der Waals surface area contributed by atoms with E-state index in [1.54, 1.807) is 0 Å². The minimum absolute atomic E-state index is 0.205. The highest BCUT2D eigenvalue weighted by atomic mass is 14.7. The van der Waals surface area contributed by atoms with Gasteiger partial charge in [-0.25, -0.2) is 0 Å². The van der Waals surface area contributed by atoms with Crippen molar-refractivity contribution in [2.45, 2.75) is 6.42 Å². The van der Waals surface area contributed by atoms with Gasteiger partial charge in [-0.1, -0.05) is 55.1 Å². The van der Waals surface area contributed by atoms with Gasteiger partial charge in [-0.2, -0.15) is 0 Å². The molecule has 0 fully saturated rings. The molecule has 0 saturated carbocycles. The van der Waals surface area contributed by atoms with E-state index in [0.717, 1.165) is 23.3 Å². The topological polar surface area (TPSA) is 64.9 Å². The fourth-order valence-electron chi connectivity index (χ4n) is 2.49. The zero-order valence-electron chi connectivity index (χ0n) is 12.8. The first-order chi connectivity index (χ1) is 10.8. The predicted molar refractivity (Wildman–Crippen MR) is 93.3 cm³/mol. The Labute approximate surface area is 132 Å². The Bertz CT molecular complexity index is 615. The summed E-state index contributed by atoms with van der Waals surface area (Å²) in [6, 6.07) is 14.4. The lowest BCUT2D eigenvalue weighted by molar-refractivity contribution is 0.623. The Hall–Kier alpha value is -2.23. The van der Waals surface area contributed by atoms with E-state index in [-0.39, 0.29) is 5.92 Å². The maximum atomic E-state index is 5.89. The van der Waals surface area contributed by atoms with Crippen molar-refractivity contribution in [3.8, 4) is 11.1 Å². The van der Waals surface area contributed by atoms with Crippen LogP contribution in [-0.4, -0.2) is 18.1 Å². The van der Waals surface area contributed by atoms with Crippen LogP contribution in [0.25, 0.3) is 11.1 Å². The van der Waals surface area contributed by atoms with Crippen molar-refractivity contribution in [2.24, 2.45) is 17.4 Å². The molecule has 22 heavy (non-hydrogen) atoms. The highest BCUT2D eigenvalue weighted by Crippen LogP contribution is 2.20. The second kappa shape index (κ2) is 8.27. The molecule has 3 nitrogen and oxygen atoms in total. The maximum absolute atomic E-state index is 5.89. The summed E-state index contributed by atoms with van der Waals surface area (Å²) >= 11 is 0. The van der Waals surface area contributed by atoms with E-state index in [0.29, 0.717) is 13.1 Å². The van der Waals surface area contributed by atoms with Crippen LogP contribution in [0.5, 0.6) is 0 Å². The van der Waals surface area contributed by atoms with E-state index in [1.165, 1.54) is 5.56 Å². The van der Waals surface area contributed by atoms with E-state index in [1.807, 2.05) is 36.5 Å². The van der Waals surface area contributed by atoms with E-state index < -0.39 is 0 Å². The number of hydrogen-bond acceptors (Lipinski definition) is 3. The summed E-state index contributed by atoms with van der Waals surface area (Å²) in [7, 11) is 0. The van der Waals surface area contributed by atoms with Gasteiger partial charge in [0.25, 0.3) is 0 Å². The zero-order valence-corrected chi connectivity index (χ0v) is 12.8. The smallest absolute Gasteiger partial charge is 0.0410 e. The predicted octanol–water partition coefficient (Wildman–Crippen LogP) is 2.94. The highest BCUT2D eigenvalue weighted by molar-refractivity contribution is 5.62. The first kappa shape index (κ1) is 16.1. The average molecular weight is 293 g/mol. The number of benzene rings is 1. The molecule has 0 aliphatic carbocycles. The number of rotatable bonds is 7. The molecule has 0 aliphatic heterocycles. The number of pyridine rings is 1. The summed E-state index contributed by atoms with van der Waals surface area (Å²) in [6.45, 7) is 4.90. The summed E-state index contributed by atoms with van der Waals surface area (Å²) in [5, 5.41) is 0. The molecule has 0 bridgehead atoms. The highest BCUT2D eigenvalue weighted by Gasteiger charge is 2.12. The monoisotopic (exact) mass is 293 g/mol. The Morgan fingerprint density at radius 3 is 2.41 bits per heavy atom. The van der Waals surface area contributed by atoms with Crippen LogP contribution in [0.15, 0.2) is 73.0 Å². The van der Waals surface area contributed by atoms with Crippen molar-refractivity contribution in [1.82, 2.24) is 4.98 Å². The van der Waals surface area contributed by atoms with Crippen LogP contribution in [-0.2, 0) is 6.42 Å². The van der Waals surface area contributed by atoms with Gasteiger partial charge in [0, 0.05) is 29.9 Å². The lowest BCUT2D eigenvalue weighted by Gasteiger charge is -2.16.